The van der Waals surface area contributed by atoms with E-state index in [1.807, 2.05) is 0 Å². The normalized spacial score (nSPS) is 15.8. The zero-order valence-corrected chi connectivity index (χ0v) is 14.0. The van der Waals surface area contributed by atoms with Gasteiger partial charge in [0, 0.05) is 12.0 Å². The molecule has 1 aliphatic carbocycles. The van der Waals surface area contributed by atoms with Gasteiger partial charge in [-0.05, 0) is 56.9 Å². The van der Waals surface area contributed by atoms with Gasteiger partial charge in [-0.15, -0.1) is 0 Å². The minimum Gasteiger partial charge on any atom is -0.491 e. The van der Waals surface area contributed by atoms with Crippen molar-refractivity contribution in [1.82, 2.24) is 0 Å². The van der Waals surface area contributed by atoms with E-state index in [-0.39, 0.29) is 12.4 Å². The van der Waals surface area contributed by atoms with Gasteiger partial charge in [0.15, 0.2) is 5.78 Å². The van der Waals surface area contributed by atoms with Crippen LogP contribution in [0.1, 0.15) is 49.4 Å². The molecule has 4 nitrogen and oxygen atoms in total. The first-order valence-electron chi connectivity index (χ1n) is 8.56. The fraction of sp³-hybridized carbons (Fsp3) is 0.526. The minimum absolute atomic E-state index is 0.0410. The van der Waals surface area contributed by atoms with Gasteiger partial charge in [-0.25, -0.2) is 0 Å². The third-order valence-corrected chi connectivity index (χ3v) is 4.20. The highest BCUT2D eigenvalue weighted by Gasteiger charge is 2.09. The van der Waals surface area contributed by atoms with Crippen LogP contribution in [0.25, 0.3) is 0 Å². The second-order valence-electron chi connectivity index (χ2n) is 6.22. The number of hydrogen-bond acceptors (Lipinski definition) is 3. The molecule has 23 heavy (non-hydrogen) atoms. The number of quaternary nitrogens is 1. The van der Waals surface area contributed by atoms with E-state index in [1.165, 1.54) is 25.7 Å². The van der Waals surface area contributed by atoms with E-state index in [0.29, 0.717) is 17.9 Å². The molecule has 0 radical (unpaired) electrons. The molecule has 0 saturated heterocycles. The number of allylic oxidation sites excluding steroid dienone is 1. The number of hydrogen-bond donors (Lipinski definition) is 2. The molecular weight excluding hydrogens is 290 g/mol. The van der Waals surface area contributed by atoms with Crippen LogP contribution < -0.4 is 10.1 Å². The molecule has 0 amide bonds. The first kappa shape index (κ1) is 17.7. The first-order chi connectivity index (χ1) is 11.1. The Balaban J connectivity index is 1.60. The molecule has 2 rings (SSSR count). The summed E-state index contributed by atoms with van der Waals surface area (Å²) in [6, 6.07) is 7.02. The highest BCUT2D eigenvalue weighted by atomic mass is 16.5. The minimum atomic E-state index is -0.484. The van der Waals surface area contributed by atoms with Crippen molar-refractivity contribution in [3.63, 3.8) is 0 Å². The third kappa shape index (κ3) is 6.55. The molecule has 0 unspecified atom stereocenters. The Kier molecular flexibility index (Phi) is 7.30. The molecule has 4 heteroatoms. The van der Waals surface area contributed by atoms with Crippen LogP contribution in [0.2, 0.25) is 0 Å². The zero-order chi connectivity index (χ0) is 16.5. The highest BCUT2D eigenvalue weighted by molar-refractivity contribution is 5.94. The van der Waals surface area contributed by atoms with Crippen LogP contribution in [0, 0.1) is 0 Å². The molecule has 0 fully saturated rings. The number of Topliss-reactive ketones (excluding diaryl/α,β-unsaturated/α-hetero) is 1. The fourth-order valence-corrected chi connectivity index (χ4v) is 2.78. The number of aliphatic hydroxyl groups excluding tert-OH is 1. The zero-order valence-electron chi connectivity index (χ0n) is 14.0. The summed E-state index contributed by atoms with van der Waals surface area (Å²) in [5.41, 5.74) is 2.24. The van der Waals surface area contributed by atoms with E-state index in [4.69, 9.17) is 4.74 Å². The lowest BCUT2D eigenvalue weighted by Crippen LogP contribution is -2.86. The van der Waals surface area contributed by atoms with Crippen LogP contribution >= 0.6 is 0 Å². The molecule has 0 aliphatic heterocycles. The number of aliphatic hydroxyl groups is 1. The average Bonchev–Trinajstić information content (AvgIpc) is 2.58. The van der Waals surface area contributed by atoms with Crippen LogP contribution in [-0.2, 0) is 0 Å². The number of ether oxygens (including phenoxy) is 1. The van der Waals surface area contributed by atoms with Crippen molar-refractivity contribution < 1.29 is 20.0 Å². The van der Waals surface area contributed by atoms with E-state index < -0.39 is 6.10 Å². The van der Waals surface area contributed by atoms with Crippen LogP contribution in [0.15, 0.2) is 35.9 Å². The standard InChI is InChI=1S/C19H27NO3/c1-15(21)17-7-9-19(10-8-17)23-14-18(22)13-20-12-11-16-5-3-2-4-6-16/h5,7-10,18,20,22H,2-4,6,11-14H2,1H3/p+1/t18-/m1/s1. The molecule has 0 bridgehead atoms. The van der Waals surface area contributed by atoms with Gasteiger partial charge in [0.25, 0.3) is 0 Å². The number of carbonyl (C=O) groups excluding carboxylic acids is 1. The Morgan fingerprint density at radius 1 is 1.30 bits per heavy atom. The van der Waals surface area contributed by atoms with Gasteiger partial charge in [-0.2, -0.15) is 0 Å². The molecule has 1 atom stereocenters. The molecule has 0 spiro atoms. The van der Waals surface area contributed by atoms with Crippen LogP contribution in [0.4, 0.5) is 0 Å². The molecular formula is C19H28NO3+. The smallest absolute Gasteiger partial charge is 0.159 e. The number of carbonyl (C=O) groups is 1. The molecule has 3 N–H and O–H groups in total. The van der Waals surface area contributed by atoms with Crippen LogP contribution in [0.5, 0.6) is 5.75 Å². The Morgan fingerprint density at radius 2 is 2.09 bits per heavy atom. The van der Waals surface area contributed by atoms with Crippen molar-refractivity contribution in [3.8, 4) is 5.75 Å². The maximum absolute atomic E-state index is 11.2. The molecule has 1 aliphatic rings. The molecule has 0 aromatic heterocycles. The van der Waals surface area contributed by atoms with Crippen LogP contribution in [-0.4, -0.2) is 36.7 Å². The Bertz CT molecular complexity index is 522. The van der Waals surface area contributed by atoms with Crippen molar-refractivity contribution in [2.45, 2.75) is 45.1 Å². The summed E-state index contributed by atoms with van der Waals surface area (Å²) in [6.07, 6.45) is 8.15. The van der Waals surface area contributed by atoms with E-state index in [9.17, 15) is 9.90 Å². The van der Waals surface area contributed by atoms with Gasteiger partial charge in [0.05, 0.1) is 6.54 Å². The molecule has 1 aromatic rings. The number of benzene rings is 1. The Labute approximate surface area is 138 Å². The summed E-state index contributed by atoms with van der Waals surface area (Å²) in [5, 5.41) is 12.1. The lowest BCUT2D eigenvalue weighted by molar-refractivity contribution is -0.660. The maximum atomic E-state index is 11.2. The second kappa shape index (κ2) is 9.48. The Hall–Kier alpha value is -1.65. The summed E-state index contributed by atoms with van der Waals surface area (Å²) >= 11 is 0. The van der Waals surface area contributed by atoms with Gasteiger partial charge < -0.3 is 15.2 Å². The summed E-state index contributed by atoms with van der Waals surface area (Å²) in [4.78, 5) is 11.2. The monoisotopic (exact) mass is 318 g/mol. The van der Waals surface area contributed by atoms with Crippen molar-refractivity contribution >= 4 is 5.78 Å². The van der Waals surface area contributed by atoms with Gasteiger partial charge in [-0.1, -0.05) is 11.6 Å². The SMILES string of the molecule is CC(=O)c1ccc(OC[C@H](O)C[NH2+]CCC2=CCCCC2)cc1. The number of ketones is 1. The Morgan fingerprint density at radius 3 is 2.74 bits per heavy atom. The predicted octanol–water partition coefficient (Wildman–Crippen LogP) is 2.08. The largest absolute Gasteiger partial charge is 0.491 e. The molecule has 0 saturated carbocycles. The summed E-state index contributed by atoms with van der Waals surface area (Å²) in [6.45, 7) is 3.49. The average molecular weight is 318 g/mol. The highest BCUT2D eigenvalue weighted by Crippen LogP contribution is 2.18. The molecule has 1 aromatic carbocycles. The summed E-state index contributed by atoms with van der Waals surface area (Å²) in [5.74, 6) is 0.723. The topological polar surface area (TPSA) is 63.1 Å². The van der Waals surface area contributed by atoms with E-state index in [2.05, 4.69) is 11.4 Å². The van der Waals surface area contributed by atoms with Gasteiger partial charge >= 0.3 is 0 Å². The van der Waals surface area contributed by atoms with Crippen molar-refractivity contribution in [3.05, 3.63) is 41.5 Å². The maximum Gasteiger partial charge on any atom is 0.159 e. The van der Waals surface area contributed by atoms with Gasteiger partial charge in [-0.3, -0.25) is 4.79 Å². The molecule has 126 valence electrons. The lowest BCUT2D eigenvalue weighted by atomic mass is 9.97. The first-order valence-corrected chi connectivity index (χ1v) is 8.56. The van der Waals surface area contributed by atoms with Crippen molar-refractivity contribution in [2.24, 2.45) is 0 Å². The fourth-order valence-electron chi connectivity index (χ4n) is 2.78. The third-order valence-electron chi connectivity index (χ3n) is 4.20. The van der Waals surface area contributed by atoms with Gasteiger partial charge in [0.2, 0.25) is 0 Å². The number of rotatable bonds is 9. The lowest BCUT2D eigenvalue weighted by Gasteiger charge is -2.13. The summed E-state index contributed by atoms with van der Waals surface area (Å²) in [7, 11) is 0. The second-order valence-corrected chi connectivity index (χ2v) is 6.22. The predicted molar refractivity (Wildman–Crippen MR) is 90.8 cm³/mol. The quantitative estimate of drug-likeness (QED) is 0.416. The van der Waals surface area contributed by atoms with Crippen molar-refractivity contribution in [2.75, 3.05) is 19.7 Å². The van der Waals surface area contributed by atoms with E-state index >= 15 is 0 Å². The summed E-state index contributed by atoms with van der Waals surface area (Å²) < 4.78 is 5.56. The van der Waals surface area contributed by atoms with E-state index in [0.717, 1.165) is 13.0 Å². The van der Waals surface area contributed by atoms with Gasteiger partial charge in [0.1, 0.15) is 25.0 Å². The van der Waals surface area contributed by atoms with Crippen molar-refractivity contribution in [1.29, 1.82) is 0 Å². The number of nitrogens with two attached hydrogens (primary N) is 1. The van der Waals surface area contributed by atoms with Crippen LogP contribution in [0.3, 0.4) is 0 Å². The molecule has 0 heterocycles. The van der Waals surface area contributed by atoms with E-state index in [1.54, 1.807) is 36.8 Å².